The highest BCUT2D eigenvalue weighted by molar-refractivity contribution is 7.99. The van der Waals surface area contributed by atoms with Crippen LogP contribution in [0.1, 0.15) is 56.2 Å². The molecule has 27 heavy (non-hydrogen) atoms. The van der Waals surface area contributed by atoms with Gasteiger partial charge in [0.25, 0.3) is 0 Å². The van der Waals surface area contributed by atoms with E-state index in [1.165, 1.54) is 23.7 Å². The molecule has 1 saturated carbocycles. The molecule has 0 N–H and O–H groups in total. The maximum atomic E-state index is 13.1. The minimum atomic E-state index is 0.130. The molecule has 0 spiro atoms. The van der Waals surface area contributed by atoms with Crippen LogP contribution < -0.4 is 4.74 Å². The summed E-state index contributed by atoms with van der Waals surface area (Å²) in [6.07, 6.45) is 6.62. The molecule has 0 bridgehead atoms. The zero-order valence-electron chi connectivity index (χ0n) is 15.6. The molecule has 2 heterocycles. The maximum Gasteiger partial charge on any atom is 0.233 e. The van der Waals surface area contributed by atoms with Gasteiger partial charge >= 0.3 is 0 Å². The lowest BCUT2D eigenvalue weighted by Crippen LogP contribution is -2.36. The van der Waals surface area contributed by atoms with Gasteiger partial charge in [-0.1, -0.05) is 36.7 Å². The first-order valence-corrected chi connectivity index (χ1v) is 10.6. The van der Waals surface area contributed by atoms with Crippen molar-refractivity contribution in [3.05, 3.63) is 29.8 Å². The first-order chi connectivity index (χ1) is 13.3. The summed E-state index contributed by atoms with van der Waals surface area (Å²) in [5.41, 5.74) is 1.18. The number of nitrogens with zero attached hydrogens (tertiary/aromatic N) is 5. The van der Waals surface area contributed by atoms with Crippen LogP contribution in [0.4, 0.5) is 0 Å². The van der Waals surface area contributed by atoms with Gasteiger partial charge in [-0.05, 0) is 53.8 Å². The van der Waals surface area contributed by atoms with Gasteiger partial charge in [0.2, 0.25) is 11.1 Å². The van der Waals surface area contributed by atoms with Crippen LogP contribution in [0.25, 0.3) is 0 Å². The van der Waals surface area contributed by atoms with Gasteiger partial charge in [-0.3, -0.25) is 4.79 Å². The molecule has 8 heteroatoms. The van der Waals surface area contributed by atoms with E-state index in [0.29, 0.717) is 11.8 Å². The Morgan fingerprint density at radius 2 is 2.00 bits per heavy atom. The van der Waals surface area contributed by atoms with E-state index in [1.54, 1.807) is 7.11 Å². The normalized spacial score (nSPS) is 20.3. The molecule has 2 aromatic rings. The molecule has 1 aromatic carbocycles. The van der Waals surface area contributed by atoms with Crippen molar-refractivity contribution in [2.75, 3.05) is 19.4 Å². The molecule has 1 aliphatic heterocycles. The SMILES string of the molecule is COc1ccc([C@@H]2CCCCCN2C(=O)CSc2nnnn2C2CC2)cc1. The Morgan fingerprint density at radius 3 is 2.74 bits per heavy atom. The summed E-state index contributed by atoms with van der Waals surface area (Å²) in [4.78, 5) is 15.1. The third-order valence-electron chi connectivity index (χ3n) is 5.25. The minimum Gasteiger partial charge on any atom is -0.497 e. The Bertz CT molecular complexity index is 775. The smallest absolute Gasteiger partial charge is 0.233 e. The number of aromatic nitrogens is 4. The number of carbonyl (C=O) groups excluding carboxylic acids is 1. The highest BCUT2D eigenvalue weighted by Crippen LogP contribution is 2.37. The molecular formula is C19H25N5O2S. The quantitative estimate of drug-likeness (QED) is 0.709. The summed E-state index contributed by atoms with van der Waals surface area (Å²) >= 11 is 1.45. The molecule has 1 saturated heterocycles. The number of hydrogen-bond donors (Lipinski definition) is 0. The van der Waals surface area contributed by atoms with Crippen molar-refractivity contribution >= 4 is 17.7 Å². The molecule has 7 nitrogen and oxygen atoms in total. The molecule has 2 aliphatic rings. The third kappa shape index (κ3) is 4.26. The van der Waals surface area contributed by atoms with Gasteiger partial charge in [-0.25, -0.2) is 4.68 Å². The van der Waals surface area contributed by atoms with E-state index in [-0.39, 0.29) is 11.9 Å². The van der Waals surface area contributed by atoms with Gasteiger partial charge in [0.05, 0.1) is 24.9 Å². The van der Waals surface area contributed by atoms with Gasteiger partial charge in [-0.15, -0.1) is 5.10 Å². The predicted octanol–water partition coefficient (Wildman–Crippen LogP) is 3.25. The average molecular weight is 388 g/mol. The molecule has 0 unspecified atom stereocenters. The van der Waals surface area contributed by atoms with Gasteiger partial charge in [0.1, 0.15) is 5.75 Å². The van der Waals surface area contributed by atoms with Crippen molar-refractivity contribution in [1.82, 2.24) is 25.1 Å². The van der Waals surface area contributed by atoms with E-state index in [9.17, 15) is 4.79 Å². The Morgan fingerprint density at radius 1 is 1.19 bits per heavy atom. The zero-order valence-corrected chi connectivity index (χ0v) is 16.4. The van der Waals surface area contributed by atoms with Crippen molar-refractivity contribution in [1.29, 1.82) is 0 Å². The zero-order chi connectivity index (χ0) is 18.6. The van der Waals surface area contributed by atoms with Crippen LogP contribution >= 0.6 is 11.8 Å². The lowest BCUT2D eigenvalue weighted by atomic mass is 10.0. The summed E-state index contributed by atoms with van der Waals surface area (Å²) in [6, 6.07) is 8.66. The molecular weight excluding hydrogens is 362 g/mol. The van der Waals surface area contributed by atoms with Crippen LogP contribution in [0.15, 0.2) is 29.4 Å². The average Bonchev–Trinajstić information content (AvgIpc) is 3.49. The lowest BCUT2D eigenvalue weighted by Gasteiger charge is -2.30. The number of rotatable bonds is 6. The second-order valence-electron chi connectivity index (χ2n) is 7.15. The van der Waals surface area contributed by atoms with E-state index in [1.807, 2.05) is 21.7 Å². The van der Waals surface area contributed by atoms with E-state index < -0.39 is 0 Å². The van der Waals surface area contributed by atoms with Crippen molar-refractivity contribution in [3.63, 3.8) is 0 Å². The molecule has 1 aromatic heterocycles. The third-order valence-corrected chi connectivity index (χ3v) is 6.17. The van der Waals surface area contributed by atoms with Crippen LogP contribution in [0.3, 0.4) is 0 Å². The monoisotopic (exact) mass is 387 g/mol. The maximum absolute atomic E-state index is 13.1. The van der Waals surface area contributed by atoms with E-state index in [0.717, 1.165) is 49.6 Å². The number of thioether (sulfide) groups is 1. The summed E-state index contributed by atoms with van der Waals surface area (Å²) in [5.74, 6) is 1.38. The van der Waals surface area contributed by atoms with Crippen LogP contribution in [0.2, 0.25) is 0 Å². The fourth-order valence-electron chi connectivity index (χ4n) is 3.62. The molecule has 1 aliphatic carbocycles. The molecule has 1 amide bonds. The van der Waals surface area contributed by atoms with Crippen LogP contribution in [-0.2, 0) is 4.79 Å². The van der Waals surface area contributed by atoms with E-state index in [2.05, 4.69) is 27.7 Å². The first kappa shape index (κ1) is 18.3. The minimum absolute atomic E-state index is 0.130. The number of hydrogen-bond acceptors (Lipinski definition) is 6. The summed E-state index contributed by atoms with van der Waals surface area (Å²) in [5, 5.41) is 12.7. The van der Waals surface area contributed by atoms with Gasteiger partial charge in [0.15, 0.2) is 0 Å². The Kier molecular flexibility index (Phi) is 5.61. The number of amides is 1. The summed E-state index contributed by atoms with van der Waals surface area (Å²) in [7, 11) is 1.67. The first-order valence-electron chi connectivity index (χ1n) is 9.60. The van der Waals surface area contributed by atoms with Crippen LogP contribution in [0, 0.1) is 0 Å². The van der Waals surface area contributed by atoms with Crippen molar-refractivity contribution in [3.8, 4) is 5.75 Å². The second kappa shape index (κ2) is 8.29. The van der Waals surface area contributed by atoms with Crippen LogP contribution in [-0.4, -0.2) is 50.4 Å². The number of carbonyl (C=O) groups is 1. The van der Waals surface area contributed by atoms with Gasteiger partial charge in [0, 0.05) is 6.54 Å². The van der Waals surface area contributed by atoms with Crippen molar-refractivity contribution in [2.45, 2.75) is 55.8 Å². The van der Waals surface area contributed by atoms with Crippen LogP contribution in [0.5, 0.6) is 5.75 Å². The fourth-order valence-corrected chi connectivity index (χ4v) is 4.45. The number of tetrazole rings is 1. The molecule has 0 radical (unpaired) electrons. The second-order valence-corrected chi connectivity index (χ2v) is 8.09. The van der Waals surface area contributed by atoms with Gasteiger partial charge < -0.3 is 9.64 Å². The fraction of sp³-hybridized carbons (Fsp3) is 0.579. The largest absolute Gasteiger partial charge is 0.497 e. The van der Waals surface area contributed by atoms with E-state index in [4.69, 9.17) is 4.74 Å². The van der Waals surface area contributed by atoms with Gasteiger partial charge in [-0.2, -0.15) is 0 Å². The summed E-state index contributed by atoms with van der Waals surface area (Å²) in [6.45, 7) is 0.809. The van der Waals surface area contributed by atoms with Crippen molar-refractivity contribution < 1.29 is 9.53 Å². The standard InChI is InChI=1S/C19H25N5O2S/c1-26-16-10-6-14(7-11-16)17-5-3-2-4-12-23(17)18(25)13-27-19-20-21-22-24(19)15-8-9-15/h6-7,10-11,15,17H,2-5,8-9,12-13H2,1H3/t17-/m0/s1. The van der Waals surface area contributed by atoms with E-state index >= 15 is 0 Å². The topological polar surface area (TPSA) is 73.1 Å². The number of methoxy groups -OCH3 is 1. The molecule has 144 valence electrons. The lowest BCUT2D eigenvalue weighted by molar-refractivity contribution is -0.130. The Labute approximate surface area is 163 Å². The number of ether oxygens (including phenoxy) is 1. The van der Waals surface area contributed by atoms with Crippen molar-refractivity contribution in [2.24, 2.45) is 0 Å². The summed E-state index contributed by atoms with van der Waals surface area (Å²) < 4.78 is 7.13. The number of likely N-dealkylation sites (tertiary alicyclic amines) is 1. The number of benzene rings is 1. The highest BCUT2D eigenvalue weighted by atomic mass is 32.2. The molecule has 4 rings (SSSR count). The highest BCUT2D eigenvalue weighted by Gasteiger charge is 2.30. The molecule has 1 atom stereocenters. The Balaban J connectivity index is 1.45. The Hall–Kier alpha value is -2.09. The molecule has 2 fully saturated rings. The predicted molar refractivity (Wildman–Crippen MR) is 103 cm³/mol.